The van der Waals surface area contributed by atoms with Gasteiger partial charge in [-0.25, -0.2) is 9.37 Å². The SMILES string of the molecule is N=Cc1cc(N2CCC[C@H]2C2CC2)ccc1Nc1ccc(F)cc1.Nc1nccs1.[HH]. The van der Waals surface area contributed by atoms with Crippen LogP contribution in [0.5, 0.6) is 0 Å². The third-order valence-corrected chi connectivity index (χ3v) is 6.17. The molecular weight excluding hydrogens is 397 g/mol. The molecule has 0 unspecified atom stereocenters. The van der Waals surface area contributed by atoms with Crippen LogP contribution in [0.25, 0.3) is 0 Å². The van der Waals surface area contributed by atoms with Crippen molar-refractivity contribution in [2.45, 2.75) is 31.7 Å². The number of aromatic nitrogens is 1. The Bertz CT molecular complexity index is 976. The maximum atomic E-state index is 13.0. The summed E-state index contributed by atoms with van der Waals surface area (Å²) in [6, 6.07) is 13.2. The molecule has 7 heteroatoms. The van der Waals surface area contributed by atoms with Crippen LogP contribution >= 0.6 is 11.3 Å². The highest BCUT2D eigenvalue weighted by molar-refractivity contribution is 7.13. The molecule has 158 valence electrons. The molecule has 1 saturated heterocycles. The van der Waals surface area contributed by atoms with Gasteiger partial charge in [0.05, 0.1) is 0 Å². The molecule has 2 fully saturated rings. The number of thiazole rings is 1. The van der Waals surface area contributed by atoms with Crippen LogP contribution in [0.2, 0.25) is 0 Å². The Labute approximate surface area is 181 Å². The molecule has 1 aliphatic carbocycles. The van der Waals surface area contributed by atoms with E-state index in [2.05, 4.69) is 27.3 Å². The number of nitrogens with one attached hydrogen (secondary N) is 2. The van der Waals surface area contributed by atoms with E-state index in [9.17, 15) is 4.39 Å². The van der Waals surface area contributed by atoms with Crippen molar-refractivity contribution >= 4 is 39.7 Å². The molecule has 2 aliphatic rings. The van der Waals surface area contributed by atoms with Crippen LogP contribution in [-0.2, 0) is 0 Å². The van der Waals surface area contributed by atoms with Gasteiger partial charge in [0.15, 0.2) is 5.13 Å². The van der Waals surface area contributed by atoms with Gasteiger partial charge in [-0.2, -0.15) is 0 Å². The number of nitrogen functional groups attached to an aromatic ring is 1. The lowest BCUT2D eigenvalue weighted by molar-refractivity contribution is 0.592. The maximum Gasteiger partial charge on any atom is 0.179 e. The highest BCUT2D eigenvalue weighted by atomic mass is 32.1. The number of rotatable bonds is 5. The number of hydrogen-bond acceptors (Lipinski definition) is 6. The minimum atomic E-state index is -0.247. The first kappa shape index (κ1) is 20.3. The van der Waals surface area contributed by atoms with Crippen molar-refractivity contribution in [3.8, 4) is 0 Å². The highest BCUT2D eigenvalue weighted by Crippen LogP contribution is 2.42. The number of benzene rings is 2. The molecule has 0 radical (unpaired) electrons. The van der Waals surface area contributed by atoms with Gasteiger partial charge < -0.3 is 21.4 Å². The second-order valence-corrected chi connectivity index (χ2v) is 8.58. The molecule has 2 aromatic carbocycles. The van der Waals surface area contributed by atoms with Crippen molar-refractivity contribution in [1.82, 2.24) is 4.98 Å². The molecule has 4 N–H and O–H groups in total. The van der Waals surface area contributed by atoms with Crippen LogP contribution in [0, 0.1) is 17.1 Å². The summed E-state index contributed by atoms with van der Waals surface area (Å²) in [6.07, 6.45) is 8.35. The molecule has 5 rings (SSSR count). The number of halogens is 1. The summed E-state index contributed by atoms with van der Waals surface area (Å²) in [7, 11) is 0. The largest absolute Gasteiger partial charge is 0.375 e. The highest BCUT2D eigenvalue weighted by Gasteiger charge is 2.38. The number of hydrogen-bond donors (Lipinski definition) is 3. The van der Waals surface area contributed by atoms with Crippen LogP contribution in [0.3, 0.4) is 0 Å². The summed E-state index contributed by atoms with van der Waals surface area (Å²) in [4.78, 5) is 6.23. The average molecular weight is 426 g/mol. The second-order valence-electron chi connectivity index (χ2n) is 7.66. The Hall–Kier alpha value is -2.93. The van der Waals surface area contributed by atoms with E-state index >= 15 is 0 Å². The standard InChI is InChI=1S/C20H22FN3.C3H4N2S.H2/c21-16-5-7-17(8-6-16)23-19-10-9-18(12-15(19)13-22)24-11-1-2-20(24)14-3-4-14;4-3-5-1-2-6-3;/h5-10,12-14,20,22-23H,1-4,11H2;1-2H,(H2,4,5);1H/t20-;;/m0../s1. The van der Waals surface area contributed by atoms with E-state index in [1.807, 2.05) is 11.4 Å². The zero-order valence-corrected chi connectivity index (χ0v) is 17.5. The van der Waals surface area contributed by atoms with Crippen molar-refractivity contribution in [2.75, 3.05) is 22.5 Å². The molecule has 1 aliphatic heterocycles. The van der Waals surface area contributed by atoms with E-state index in [0.29, 0.717) is 11.2 Å². The van der Waals surface area contributed by atoms with E-state index in [0.717, 1.165) is 29.4 Å². The average Bonchev–Trinajstić information content (AvgIpc) is 3.28. The lowest BCUT2D eigenvalue weighted by Gasteiger charge is -2.27. The Morgan fingerprint density at radius 2 is 2.00 bits per heavy atom. The van der Waals surface area contributed by atoms with Crippen molar-refractivity contribution in [3.05, 3.63) is 65.4 Å². The third kappa shape index (κ3) is 4.97. The Balaban J connectivity index is 0.000000338. The first-order chi connectivity index (χ1) is 14.6. The molecule has 0 amide bonds. The van der Waals surface area contributed by atoms with Gasteiger partial charge in [0.1, 0.15) is 5.82 Å². The van der Waals surface area contributed by atoms with Crippen molar-refractivity contribution < 1.29 is 5.82 Å². The van der Waals surface area contributed by atoms with Crippen LogP contribution in [0.15, 0.2) is 54.0 Å². The van der Waals surface area contributed by atoms with Gasteiger partial charge in [-0.3, -0.25) is 0 Å². The van der Waals surface area contributed by atoms with E-state index in [1.165, 1.54) is 61.1 Å². The monoisotopic (exact) mass is 425 g/mol. The number of anilines is 4. The summed E-state index contributed by atoms with van der Waals surface area (Å²) in [5.74, 6) is 0.622. The molecule has 30 heavy (non-hydrogen) atoms. The molecule has 1 atom stereocenters. The van der Waals surface area contributed by atoms with Crippen LogP contribution < -0.4 is 16.0 Å². The molecular formula is C23H28FN5S. The lowest BCUT2D eigenvalue weighted by atomic mass is 10.1. The van der Waals surface area contributed by atoms with Crippen molar-refractivity contribution in [2.24, 2.45) is 5.92 Å². The molecule has 0 bridgehead atoms. The first-order valence-electron chi connectivity index (χ1n) is 10.2. The summed E-state index contributed by atoms with van der Waals surface area (Å²) in [5, 5.41) is 13.5. The zero-order chi connectivity index (χ0) is 20.9. The predicted octanol–water partition coefficient (Wildman–Crippen LogP) is 5.92. The third-order valence-electron chi connectivity index (χ3n) is 5.56. The van der Waals surface area contributed by atoms with E-state index in [1.54, 1.807) is 18.3 Å². The smallest absolute Gasteiger partial charge is 0.179 e. The summed E-state index contributed by atoms with van der Waals surface area (Å²) in [5.41, 5.74) is 8.96. The fourth-order valence-electron chi connectivity index (χ4n) is 3.97. The topological polar surface area (TPSA) is 78.0 Å². The van der Waals surface area contributed by atoms with E-state index < -0.39 is 0 Å². The predicted molar refractivity (Wildman–Crippen MR) is 126 cm³/mol. The molecule has 1 saturated carbocycles. The van der Waals surface area contributed by atoms with Gasteiger partial charge in [-0.05, 0) is 74.1 Å². The van der Waals surface area contributed by atoms with Gasteiger partial charge >= 0.3 is 0 Å². The normalized spacial score (nSPS) is 17.9. The Morgan fingerprint density at radius 1 is 1.20 bits per heavy atom. The van der Waals surface area contributed by atoms with Crippen LogP contribution in [0.1, 0.15) is 32.7 Å². The van der Waals surface area contributed by atoms with E-state index in [4.69, 9.17) is 11.1 Å². The molecule has 5 nitrogen and oxygen atoms in total. The zero-order valence-electron chi connectivity index (χ0n) is 16.7. The Morgan fingerprint density at radius 3 is 2.60 bits per heavy atom. The van der Waals surface area contributed by atoms with Crippen LogP contribution in [0.4, 0.5) is 26.6 Å². The molecule has 3 aromatic rings. The van der Waals surface area contributed by atoms with Gasteiger partial charge in [0.25, 0.3) is 0 Å². The first-order valence-corrected chi connectivity index (χ1v) is 11.1. The summed E-state index contributed by atoms with van der Waals surface area (Å²) < 4.78 is 13.0. The van der Waals surface area contributed by atoms with Gasteiger partial charge in [0.2, 0.25) is 0 Å². The maximum absolute atomic E-state index is 13.0. The van der Waals surface area contributed by atoms with Crippen molar-refractivity contribution in [1.29, 1.82) is 5.41 Å². The van der Waals surface area contributed by atoms with Gasteiger partial charge in [-0.15, -0.1) is 11.3 Å². The van der Waals surface area contributed by atoms with Gasteiger partial charge in [0, 0.05) is 54.4 Å². The Kier molecular flexibility index (Phi) is 6.28. The molecule has 2 heterocycles. The second kappa shape index (κ2) is 9.26. The quantitative estimate of drug-likeness (QED) is 0.444. The fourth-order valence-corrected chi connectivity index (χ4v) is 4.35. The minimum Gasteiger partial charge on any atom is -0.375 e. The molecule has 0 spiro atoms. The minimum absolute atomic E-state index is 0. The number of nitrogens with zero attached hydrogens (tertiary/aromatic N) is 2. The van der Waals surface area contributed by atoms with Crippen LogP contribution in [-0.4, -0.2) is 23.8 Å². The fraction of sp³-hybridized carbons (Fsp3) is 0.304. The number of nitrogens with two attached hydrogens (primary N) is 1. The van der Waals surface area contributed by atoms with E-state index in [-0.39, 0.29) is 7.24 Å². The summed E-state index contributed by atoms with van der Waals surface area (Å²) >= 11 is 1.44. The van der Waals surface area contributed by atoms with Crippen molar-refractivity contribution in [3.63, 3.8) is 0 Å². The lowest BCUT2D eigenvalue weighted by Crippen LogP contribution is -2.30. The van der Waals surface area contributed by atoms with Gasteiger partial charge in [-0.1, -0.05) is 0 Å². The molecule has 1 aromatic heterocycles. The summed E-state index contributed by atoms with van der Waals surface area (Å²) in [6.45, 7) is 1.11.